The van der Waals surface area contributed by atoms with Crippen LogP contribution >= 0.6 is 0 Å². The molecule has 0 amide bonds. The summed E-state index contributed by atoms with van der Waals surface area (Å²) in [6.07, 6.45) is 0.995. The van der Waals surface area contributed by atoms with Gasteiger partial charge in [0.2, 0.25) is 0 Å². The Kier molecular flexibility index (Phi) is 6.30. The number of rotatable bonds is 8. The molecule has 0 saturated heterocycles. The van der Waals surface area contributed by atoms with E-state index in [1.165, 1.54) is 5.56 Å². The molecule has 0 saturated carbocycles. The molecular formula is C16H27NO3. The molecule has 20 heavy (non-hydrogen) atoms. The first kappa shape index (κ1) is 16.8. The Bertz CT molecular complexity index is 418. The minimum absolute atomic E-state index is 0.177. The number of methoxy groups -OCH3 is 3. The Morgan fingerprint density at radius 3 is 2.25 bits per heavy atom. The predicted molar refractivity (Wildman–Crippen MR) is 81.7 cm³/mol. The molecule has 1 atom stereocenters. The van der Waals surface area contributed by atoms with Gasteiger partial charge >= 0.3 is 0 Å². The van der Waals surface area contributed by atoms with Crippen molar-refractivity contribution in [2.75, 3.05) is 27.9 Å². The molecule has 4 heteroatoms. The molecule has 4 nitrogen and oxygen atoms in total. The van der Waals surface area contributed by atoms with Gasteiger partial charge in [0.05, 0.1) is 19.8 Å². The molecule has 0 fully saturated rings. The number of hydrogen-bond acceptors (Lipinski definition) is 4. The smallest absolute Gasteiger partial charge is 0.161 e. The fourth-order valence-electron chi connectivity index (χ4n) is 2.01. The van der Waals surface area contributed by atoms with Crippen LogP contribution in [0.3, 0.4) is 0 Å². The van der Waals surface area contributed by atoms with Crippen LogP contribution in [0.25, 0.3) is 0 Å². The molecule has 0 aromatic heterocycles. The first-order chi connectivity index (χ1) is 9.47. The van der Waals surface area contributed by atoms with Crippen LogP contribution < -0.4 is 14.8 Å². The summed E-state index contributed by atoms with van der Waals surface area (Å²) in [6.45, 7) is 7.09. The fourth-order valence-corrected chi connectivity index (χ4v) is 2.01. The number of ether oxygens (including phenoxy) is 3. The minimum atomic E-state index is -0.177. The van der Waals surface area contributed by atoms with Gasteiger partial charge in [0.15, 0.2) is 11.5 Å². The quantitative estimate of drug-likeness (QED) is 0.794. The van der Waals surface area contributed by atoms with E-state index in [9.17, 15) is 0 Å². The molecule has 114 valence electrons. The van der Waals surface area contributed by atoms with Crippen molar-refractivity contribution >= 4 is 0 Å². The largest absolute Gasteiger partial charge is 0.493 e. The van der Waals surface area contributed by atoms with Crippen LogP contribution in [0.15, 0.2) is 18.2 Å². The Morgan fingerprint density at radius 1 is 1.10 bits per heavy atom. The van der Waals surface area contributed by atoms with Crippen molar-refractivity contribution < 1.29 is 14.2 Å². The van der Waals surface area contributed by atoms with E-state index in [0.717, 1.165) is 24.5 Å². The molecule has 1 unspecified atom stereocenters. The van der Waals surface area contributed by atoms with Crippen molar-refractivity contribution in [2.45, 2.75) is 38.8 Å². The molecule has 0 aliphatic carbocycles. The lowest BCUT2D eigenvalue weighted by Crippen LogP contribution is -2.38. The maximum absolute atomic E-state index is 5.44. The van der Waals surface area contributed by atoms with Gasteiger partial charge in [0.25, 0.3) is 0 Å². The normalized spacial score (nSPS) is 13.1. The Morgan fingerprint density at radius 2 is 1.75 bits per heavy atom. The summed E-state index contributed by atoms with van der Waals surface area (Å²) in [5.41, 5.74) is 1.02. The van der Waals surface area contributed by atoms with Crippen LogP contribution in [0.2, 0.25) is 0 Å². The van der Waals surface area contributed by atoms with Gasteiger partial charge in [-0.15, -0.1) is 0 Å². The molecule has 0 bridgehead atoms. The third kappa shape index (κ3) is 4.39. The van der Waals surface area contributed by atoms with E-state index in [4.69, 9.17) is 14.2 Å². The Hall–Kier alpha value is -1.26. The van der Waals surface area contributed by atoms with E-state index < -0.39 is 0 Å². The van der Waals surface area contributed by atoms with E-state index in [2.05, 4.69) is 32.2 Å². The van der Waals surface area contributed by atoms with E-state index in [1.807, 2.05) is 12.1 Å². The molecule has 0 aliphatic heterocycles. The van der Waals surface area contributed by atoms with E-state index >= 15 is 0 Å². The van der Waals surface area contributed by atoms with Crippen molar-refractivity contribution in [2.24, 2.45) is 0 Å². The van der Waals surface area contributed by atoms with Gasteiger partial charge in [-0.05, 0) is 38.0 Å². The minimum Gasteiger partial charge on any atom is -0.493 e. The standard InChI is InChI=1S/C16H27NO3/c1-7-13(17-11-16(2,3)20-6)12-8-9-14(18-4)15(10-12)19-5/h8-10,13,17H,7,11H2,1-6H3. The fraction of sp³-hybridized carbons (Fsp3) is 0.625. The van der Waals surface area contributed by atoms with E-state index in [0.29, 0.717) is 0 Å². The van der Waals surface area contributed by atoms with Crippen molar-refractivity contribution in [3.63, 3.8) is 0 Å². The van der Waals surface area contributed by atoms with Crippen LogP contribution in [0.1, 0.15) is 38.8 Å². The third-order valence-corrected chi connectivity index (χ3v) is 3.54. The lowest BCUT2D eigenvalue weighted by Gasteiger charge is -2.27. The molecule has 1 aromatic carbocycles. The molecule has 1 aromatic rings. The number of benzene rings is 1. The Balaban J connectivity index is 2.84. The summed E-state index contributed by atoms with van der Waals surface area (Å²) < 4.78 is 16.1. The second kappa shape index (κ2) is 7.50. The Labute approximate surface area is 122 Å². The maximum atomic E-state index is 5.44. The molecular weight excluding hydrogens is 254 g/mol. The second-order valence-electron chi connectivity index (χ2n) is 5.42. The van der Waals surface area contributed by atoms with Gasteiger partial charge in [0.1, 0.15) is 0 Å². The van der Waals surface area contributed by atoms with E-state index in [-0.39, 0.29) is 11.6 Å². The topological polar surface area (TPSA) is 39.7 Å². The van der Waals surface area contributed by atoms with Crippen LogP contribution in [0.4, 0.5) is 0 Å². The first-order valence-corrected chi connectivity index (χ1v) is 6.97. The lowest BCUT2D eigenvalue weighted by molar-refractivity contribution is 0.0209. The first-order valence-electron chi connectivity index (χ1n) is 6.97. The monoisotopic (exact) mass is 281 g/mol. The second-order valence-corrected chi connectivity index (χ2v) is 5.42. The van der Waals surface area contributed by atoms with Crippen molar-refractivity contribution in [1.29, 1.82) is 0 Å². The zero-order valence-corrected chi connectivity index (χ0v) is 13.4. The van der Waals surface area contributed by atoms with Crippen LogP contribution in [-0.4, -0.2) is 33.5 Å². The molecule has 0 aliphatic rings. The van der Waals surface area contributed by atoms with Crippen molar-refractivity contribution in [3.05, 3.63) is 23.8 Å². The zero-order valence-electron chi connectivity index (χ0n) is 13.4. The lowest BCUT2D eigenvalue weighted by atomic mass is 10.0. The maximum Gasteiger partial charge on any atom is 0.161 e. The van der Waals surface area contributed by atoms with Crippen molar-refractivity contribution in [1.82, 2.24) is 5.32 Å². The van der Waals surface area contributed by atoms with Gasteiger partial charge in [-0.25, -0.2) is 0 Å². The van der Waals surface area contributed by atoms with Crippen LogP contribution in [-0.2, 0) is 4.74 Å². The third-order valence-electron chi connectivity index (χ3n) is 3.54. The van der Waals surface area contributed by atoms with Gasteiger partial charge in [-0.2, -0.15) is 0 Å². The summed E-state index contributed by atoms with van der Waals surface area (Å²) in [7, 11) is 5.04. The summed E-state index contributed by atoms with van der Waals surface area (Å²) in [6, 6.07) is 6.31. The number of hydrogen-bond donors (Lipinski definition) is 1. The van der Waals surface area contributed by atoms with Crippen LogP contribution in [0, 0.1) is 0 Å². The van der Waals surface area contributed by atoms with Gasteiger partial charge in [0, 0.05) is 19.7 Å². The highest BCUT2D eigenvalue weighted by molar-refractivity contribution is 5.43. The highest BCUT2D eigenvalue weighted by Crippen LogP contribution is 2.31. The summed E-state index contributed by atoms with van der Waals surface area (Å²) >= 11 is 0. The average Bonchev–Trinajstić information content (AvgIpc) is 2.47. The average molecular weight is 281 g/mol. The molecule has 0 heterocycles. The van der Waals surface area contributed by atoms with Gasteiger partial charge in [-0.1, -0.05) is 13.0 Å². The molecule has 0 radical (unpaired) electrons. The molecule has 1 N–H and O–H groups in total. The van der Waals surface area contributed by atoms with Crippen LogP contribution in [0.5, 0.6) is 11.5 Å². The highest BCUT2D eigenvalue weighted by atomic mass is 16.5. The predicted octanol–water partition coefficient (Wildman–Crippen LogP) is 3.17. The highest BCUT2D eigenvalue weighted by Gasteiger charge is 2.19. The molecule has 0 spiro atoms. The van der Waals surface area contributed by atoms with E-state index in [1.54, 1.807) is 21.3 Å². The zero-order chi connectivity index (χ0) is 15.2. The van der Waals surface area contributed by atoms with Crippen molar-refractivity contribution in [3.8, 4) is 11.5 Å². The molecule has 1 rings (SSSR count). The number of nitrogens with one attached hydrogen (secondary N) is 1. The summed E-state index contributed by atoms with van der Waals surface area (Å²) in [5, 5.41) is 3.54. The van der Waals surface area contributed by atoms with Gasteiger partial charge < -0.3 is 19.5 Å². The summed E-state index contributed by atoms with van der Waals surface area (Å²) in [4.78, 5) is 0. The summed E-state index contributed by atoms with van der Waals surface area (Å²) in [5.74, 6) is 1.51. The SMILES string of the molecule is CCC(NCC(C)(C)OC)c1ccc(OC)c(OC)c1. The van der Waals surface area contributed by atoms with Gasteiger partial charge in [-0.3, -0.25) is 0 Å².